The number of carbonyl (C=O) groups excluding carboxylic acids is 3. The van der Waals surface area contributed by atoms with E-state index in [4.69, 9.17) is 25.6 Å². The number of rotatable bonds is 2. The number of carbonyl (C=O) groups is 3. The zero-order chi connectivity index (χ0) is 28.9. The van der Waals surface area contributed by atoms with Crippen molar-refractivity contribution in [3.05, 3.63) is 45.2 Å². The predicted octanol–water partition coefficient (Wildman–Crippen LogP) is 0.108. The minimum atomic E-state index is -3.56. The van der Waals surface area contributed by atoms with Crippen LogP contribution in [0.2, 0.25) is 5.02 Å². The van der Waals surface area contributed by atoms with Crippen LogP contribution in [0.1, 0.15) is 31.9 Å². The molecule has 1 saturated carbocycles. The Morgan fingerprint density at radius 3 is 2.53 bits per heavy atom. The van der Waals surface area contributed by atoms with Crippen LogP contribution in [-0.2, 0) is 14.4 Å². The molecule has 11 heteroatoms. The number of hydrogen-bond donors (Lipinski definition) is 6. The molecule has 5 atom stereocenters. The average molecular weight is 473 g/mol. The standard InChI is InChI=1S/C21H21ClN2O8/c1-24(2)14-7-5-6-10(16(27)12-9(25)4-3-8(22)11(12)15(6)26)18(29)21(7,32)19(30)13(17(14)28)20(23)31/h3-4,6-7,14-15,25-27,30,32H,5H2,1-2H3,(H2,23,31)/t6-,7-,14-,15-,21-/m0/s1/i1+1D3,2+1D3. The molecule has 1 amide bonds. The van der Waals surface area contributed by atoms with Crippen LogP contribution in [0.3, 0.4) is 0 Å². The van der Waals surface area contributed by atoms with Gasteiger partial charge in [-0.2, -0.15) is 0 Å². The first-order valence-corrected chi connectivity index (χ1v) is 9.62. The molecule has 0 heterocycles. The molecule has 32 heavy (non-hydrogen) atoms. The van der Waals surface area contributed by atoms with E-state index in [1.165, 1.54) is 6.07 Å². The zero-order valence-electron chi connectivity index (χ0n) is 22.0. The van der Waals surface area contributed by atoms with Crippen LogP contribution in [0.5, 0.6) is 5.75 Å². The largest absolute Gasteiger partial charge is 0.508 e. The van der Waals surface area contributed by atoms with E-state index in [0.29, 0.717) is 0 Å². The minimum Gasteiger partial charge on any atom is -0.508 e. The number of nitrogens with zero attached hydrogens (tertiary/aromatic N) is 1. The van der Waals surface area contributed by atoms with Crippen molar-refractivity contribution in [2.75, 3.05) is 14.0 Å². The molecule has 0 saturated heterocycles. The molecule has 0 spiro atoms. The molecule has 10 nitrogen and oxygen atoms in total. The number of nitrogens with two attached hydrogens (primary N) is 1. The number of Topliss-reactive ketones (excluding diaryl/α,β-unsaturated/α-hetero) is 2. The van der Waals surface area contributed by atoms with Crippen molar-refractivity contribution >= 4 is 34.8 Å². The third-order valence-electron chi connectivity index (χ3n) is 6.36. The van der Waals surface area contributed by atoms with E-state index in [1.54, 1.807) is 0 Å². The van der Waals surface area contributed by atoms with Gasteiger partial charge in [0.2, 0.25) is 5.78 Å². The molecule has 1 aromatic rings. The lowest BCUT2D eigenvalue weighted by molar-refractivity contribution is -0.155. The highest BCUT2D eigenvalue weighted by atomic mass is 35.5. The molecule has 170 valence electrons. The van der Waals surface area contributed by atoms with Crippen LogP contribution in [-0.4, -0.2) is 73.5 Å². The van der Waals surface area contributed by atoms with Gasteiger partial charge in [0.05, 0.1) is 17.7 Å². The van der Waals surface area contributed by atoms with E-state index in [0.717, 1.165) is 6.07 Å². The molecule has 0 radical (unpaired) electrons. The highest BCUT2D eigenvalue weighted by molar-refractivity contribution is 6.32. The molecule has 0 bridgehead atoms. The van der Waals surface area contributed by atoms with Crippen LogP contribution in [0.15, 0.2) is 29.0 Å². The highest BCUT2D eigenvalue weighted by Crippen LogP contribution is 2.56. The number of amides is 1. The number of fused-ring (bicyclic) bond motifs is 3. The third-order valence-corrected chi connectivity index (χ3v) is 6.69. The summed E-state index contributed by atoms with van der Waals surface area (Å²) in [6.45, 7) is -7.12. The maximum absolute atomic E-state index is 13.8. The second-order valence-corrected chi connectivity index (χ2v) is 8.28. The quantitative estimate of drug-likeness (QED) is 0.257. The number of phenolic OH excluding ortho intramolecular Hbond substituents is 1. The van der Waals surface area contributed by atoms with E-state index in [9.17, 15) is 39.9 Å². The fourth-order valence-corrected chi connectivity index (χ4v) is 5.21. The lowest BCUT2D eigenvalue weighted by atomic mass is 9.57. The lowest BCUT2D eigenvalue weighted by Crippen LogP contribution is -2.66. The topological polar surface area (TPSA) is 182 Å². The van der Waals surface area contributed by atoms with Crippen LogP contribution >= 0.6 is 11.6 Å². The van der Waals surface area contributed by atoms with Gasteiger partial charge in [-0.15, -0.1) is 0 Å². The molecule has 0 aliphatic heterocycles. The summed E-state index contributed by atoms with van der Waals surface area (Å²) in [5, 5.41) is 54.7. The van der Waals surface area contributed by atoms with E-state index < -0.39 is 101 Å². The second-order valence-electron chi connectivity index (χ2n) is 7.87. The summed E-state index contributed by atoms with van der Waals surface area (Å²) in [4.78, 5) is 39.0. The van der Waals surface area contributed by atoms with Crippen molar-refractivity contribution in [1.29, 1.82) is 0 Å². The van der Waals surface area contributed by atoms with Crippen molar-refractivity contribution in [3.63, 3.8) is 0 Å². The Morgan fingerprint density at radius 2 is 1.94 bits per heavy atom. The number of hydrogen-bond acceptors (Lipinski definition) is 9. The summed E-state index contributed by atoms with van der Waals surface area (Å²) in [6.07, 6.45) is -2.54. The van der Waals surface area contributed by atoms with Gasteiger partial charge in [0.1, 0.15) is 22.8 Å². The first kappa shape index (κ1) is 15.8. The van der Waals surface area contributed by atoms with Crippen LogP contribution < -0.4 is 5.73 Å². The van der Waals surface area contributed by atoms with Gasteiger partial charge in [-0.3, -0.25) is 19.3 Å². The SMILES string of the molecule is [2H][13C]([2H])([2H])N([C@@H]1C(=O)C(C(N)=O)=C(O)[C@@]2(O)C(=O)C3=C(O)c4c(O)ccc(Cl)c4[C@@H](O)[C@H]3C[C@@H]12)[13C]([2H])([2H])[2H]. The first-order chi connectivity index (χ1) is 17.3. The molecule has 0 unspecified atom stereocenters. The Kier molecular flexibility index (Phi) is 3.48. The number of halogens is 1. The molecule has 7 N–H and O–H groups in total. The second kappa shape index (κ2) is 7.04. The summed E-state index contributed by atoms with van der Waals surface area (Å²) >= 11 is 6.16. The number of phenols is 1. The van der Waals surface area contributed by atoms with Crippen molar-refractivity contribution in [1.82, 2.24) is 4.90 Å². The average Bonchev–Trinajstić information content (AvgIpc) is 2.76. The number of aliphatic hydroxyl groups excluding tert-OH is 3. The molecule has 0 aromatic heterocycles. The first-order valence-electron chi connectivity index (χ1n) is 12.2. The summed E-state index contributed by atoms with van der Waals surface area (Å²) < 4.78 is 46.6. The lowest BCUT2D eigenvalue weighted by Gasteiger charge is -2.51. The van der Waals surface area contributed by atoms with E-state index in [2.05, 4.69) is 0 Å². The van der Waals surface area contributed by atoms with Gasteiger partial charge < -0.3 is 31.3 Å². The Bertz CT molecular complexity index is 1340. The number of primary amides is 1. The van der Waals surface area contributed by atoms with Crippen LogP contribution in [0.4, 0.5) is 0 Å². The maximum Gasteiger partial charge on any atom is 0.255 e. The van der Waals surface area contributed by atoms with Gasteiger partial charge in [-0.25, -0.2) is 0 Å². The Labute approximate surface area is 195 Å². The van der Waals surface area contributed by atoms with Crippen molar-refractivity contribution in [2.45, 2.75) is 24.2 Å². The fraction of sp³-hybridized carbons (Fsp3) is 0.381. The van der Waals surface area contributed by atoms with E-state index in [-0.39, 0.29) is 15.5 Å². The third kappa shape index (κ3) is 2.61. The Balaban J connectivity index is 2.07. The van der Waals surface area contributed by atoms with Crippen molar-refractivity contribution < 1.29 is 48.1 Å². The van der Waals surface area contributed by atoms with Gasteiger partial charge in [-0.1, -0.05) is 11.6 Å². The van der Waals surface area contributed by atoms with Crippen molar-refractivity contribution in [2.24, 2.45) is 17.6 Å². The predicted molar refractivity (Wildman–Crippen MR) is 111 cm³/mol. The summed E-state index contributed by atoms with van der Waals surface area (Å²) in [5.41, 5.74) is -0.966. The summed E-state index contributed by atoms with van der Waals surface area (Å²) in [6, 6.07) is -0.207. The molecule has 4 rings (SSSR count). The molecule has 3 aliphatic rings. The summed E-state index contributed by atoms with van der Waals surface area (Å²) in [7, 11) is 0. The number of aromatic hydroxyl groups is 1. The van der Waals surface area contributed by atoms with E-state index in [1.807, 2.05) is 0 Å². The van der Waals surface area contributed by atoms with Gasteiger partial charge in [0.25, 0.3) is 5.91 Å². The zero-order valence-corrected chi connectivity index (χ0v) is 16.8. The number of ketones is 2. The fourth-order valence-electron chi connectivity index (χ4n) is 4.94. The molecule has 1 fully saturated rings. The molecule has 3 aliphatic carbocycles. The van der Waals surface area contributed by atoms with Gasteiger partial charge in [0.15, 0.2) is 11.4 Å². The van der Waals surface area contributed by atoms with Gasteiger partial charge in [0, 0.05) is 36.2 Å². The monoisotopic (exact) mass is 472 g/mol. The Morgan fingerprint density at radius 1 is 1.28 bits per heavy atom. The maximum atomic E-state index is 13.8. The van der Waals surface area contributed by atoms with Crippen LogP contribution in [0.25, 0.3) is 5.76 Å². The minimum absolute atomic E-state index is 0.147. The summed E-state index contributed by atoms with van der Waals surface area (Å²) in [5.74, 6) is -11.6. The number of aliphatic hydroxyl groups is 4. The molecule has 1 aromatic carbocycles. The number of likely N-dealkylation sites (N-methyl/N-ethyl adjacent to an activating group) is 1. The number of benzene rings is 1. The van der Waals surface area contributed by atoms with E-state index >= 15 is 0 Å². The Hall–Kier alpha value is -2.92. The molecular weight excluding hydrogens is 446 g/mol. The van der Waals surface area contributed by atoms with Crippen LogP contribution in [0, 0.1) is 11.8 Å². The smallest absolute Gasteiger partial charge is 0.255 e. The normalized spacial score (nSPS) is 35.6. The highest BCUT2D eigenvalue weighted by Gasteiger charge is 2.65. The van der Waals surface area contributed by atoms with Gasteiger partial charge >= 0.3 is 0 Å². The van der Waals surface area contributed by atoms with Gasteiger partial charge in [-0.05, 0) is 32.5 Å². The van der Waals surface area contributed by atoms with Crippen molar-refractivity contribution in [3.8, 4) is 5.75 Å². The molecular formula is C21H21ClN2O8.